The minimum Gasteiger partial charge on any atom is -0.493 e. The van der Waals surface area contributed by atoms with E-state index in [1.54, 1.807) is 0 Å². The summed E-state index contributed by atoms with van der Waals surface area (Å²) in [5, 5.41) is 0. The summed E-state index contributed by atoms with van der Waals surface area (Å²) in [7, 11) is 0. The fourth-order valence-electron chi connectivity index (χ4n) is 2.32. The molecule has 0 spiro atoms. The maximum Gasteiger partial charge on any atom is 0.129 e. The largest absolute Gasteiger partial charge is 0.493 e. The second kappa shape index (κ2) is 5.25. The molecule has 94 valence electrons. The minimum atomic E-state index is -0.605. The van der Waals surface area contributed by atoms with Crippen LogP contribution in [0, 0.1) is 17.0 Å². The van der Waals surface area contributed by atoms with Crippen LogP contribution in [0.2, 0.25) is 0 Å². The maximum absolute atomic E-state index is 13.0. The SMILES string of the molecule is Fc1cc(F)cc(OCC2(CS)CCCC2)c1. The van der Waals surface area contributed by atoms with Gasteiger partial charge in [-0.2, -0.15) is 12.6 Å². The van der Waals surface area contributed by atoms with E-state index in [4.69, 9.17) is 4.74 Å². The van der Waals surface area contributed by atoms with Gasteiger partial charge in [-0.05, 0) is 18.6 Å². The van der Waals surface area contributed by atoms with Crippen LogP contribution in [-0.2, 0) is 0 Å². The van der Waals surface area contributed by atoms with Crippen LogP contribution in [0.15, 0.2) is 18.2 Å². The lowest BCUT2D eigenvalue weighted by molar-refractivity contribution is 0.172. The minimum absolute atomic E-state index is 0.0753. The fraction of sp³-hybridized carbons (Fsp3) is 0.538. The van der Waals surface area contributed by atoms with Gasteiger partial charge < -0.3 is 4.74 Å². The van der Waals surface area contributed by atoms with Crippen molar-refractivity contribution >= 4 is 12.6 Å². The molecular weight excluding hydrogens is 242 g/mol. The second-order valence-electron chi connectivity index (χ2n) is 4.76. The molecule has 4 heteroatoms. The van der Waals surface area contributed by atoms with Gasteiger partial charge in [0, 0.05) is 23.6 Å². The molecule has 1 saturated carbocycles. The van der Waals surface area contributed by atoms with Crippen molar-refractivity contribution in [1.29, 1.82) is 0 Å². The Kier molecular flexibility index (Phi) is 3.92. The molecule has 1 aliphatic rings. The highest BCUT2D eigenvalue weighted by molar-refractivity contribution is 7.80. The first-order valence-electron chi connectivity index (χ1n) is 5.83. The number of hydrogen-bond donors (Lipinski definition) is 1. The van der Waals surface area contributed by atoms with Gasteiger partial charge in [-0.3, -0.25) is 0 Å². The third-order valence-corrected chi connectivity index (χ3v) is 4.05. The summed E-state index contributed by atoms with van der Waals surface area (Å²) < 4.78 is 31.5. The Balaban J connectivity index is 2.01. The zero-order valence-corrected chi connectivity index (χ0v) is 10.5. The molecule has 0 atom stereocenters. The Morgan fingerprint density at radius 2 is 1.71 bits per heavy atom. The summed E-state index contributed by atoms with van der Waals surface area (Å²) in [6, 6.07) is 3.27. The number of benzene rings is 1. The normalized spacial score (nSPS) is 18.3. The van der Waals surface area contributed by atoms with E-state index in [9.17, 15) is 8.78 Å². The van der Waals surface area contributed by atoms with Crippen LogP contribution in [0.3, 0.4) is 0 Å². The third-order valence-electron chi connectivity index (χ3n) is 3.38. The molecule has 0 aliphatic heterocycles. The van der Waals surface area contributed by atoms with E-state index in [0.717, 1.165) is 24.7 Å². The molecule has 1 fully saturated rings. The van der Waals surface area contributed by atoms with Gasteiger partial charge in [-0.1, -0.05) is 12.8 Å². The highest BCUT2D eigenvalue weighted by atomic mass is 32.1. The molecular formula is C13H16F2OS. The van der Waals surface area contributed by atoms with Crippen LogP contribution in [0.25, 0.3) is 0 Å². The van der Waals surface area contributed by atoms with Crippen LogP contribution in [0.4, 0.5) is 8.78 Å². The number of ether oxygens (including phenoxy) is 1. The molecule has 0 unspecified atom stereocenters. The molecule has 0 bridgehead atoms. The van der Waals surface area contributed by atoms with Gasteiger partial charge >= 0.3 is 0 Å². The Morgan fingerprint density at radius 1 is 1.12 bits per heavy atom. The smallest absolute Gasteiger partial charge is 0.129 e. The van der Waals surface area contributed by atoms with Crippen molar-refractivity contribution in [3.63, 3.8) is 0 Å². The lowest BCUT2D eigenvalue weighted by atomic mass is 9.90. The second-order valence-corrected chi connectivity index (χ2v) is 5.08. The zero-order valence-electron chi connectivity index (χ0n) is 9.59. The molecule has 0 N–H and O–H groups in total. The molecule has 0 heterocycles. The van der Waals surface area contributed by atoms with Gasteiger partial charge in [0.1, 0.15) is 17.4 Å². The number of hydrogen-bond acceptors (Lipinski definition) is 2. The molecule has 1 aromatic rings. The summed E-state index contributed by atoms with van der Waals surface area (Å²) in [6.07, 6.45) is 4.52. The van der Waals surface area contributed by atoms with E-state index in [0.29, 0.717) is 6.61 Å². The van der Waals surface area contributed by atoms with Crippen LogP contribution in [0.5, 0.6) is 5.75 Å². The summed E-state index contributed by atoms with van der Waals surface area (Å²) in [6.45, 7) is 0.486. The monoisotopic (exact) mass is 258 g/mol. The molecule has 0 amide bonds. The summed E-state index contributed by atoms with van der Waals surface area (Å²) >= 11 is 4.36. The lowest BCUT2D eigenvalue weighted by Crippen LogP contribution is -2.27. The average molecular weight is 258 g/mol. The number of thiol groups is 1. The van der Waals surface area contributed by atoms with Crippen LogP contribution in [-0.4, -0.2) is 12.4 Å². The van der Waals surface area contributed by atoms with Crippen molar-refractivity contribution in [3.05, 3.63) is 29.8 Å². The van der Waals surface area contributed by atoms with E-state index < -0.39 is 11.6 Å². The Bertz CT molecular complexity index is 369. The number of rotatable bonds is 4. The molecule has 1 aromatic carbocycles. The predicted molar refractivity (Wildman–Crippen MR) is 66.6 cm³/mol. The van der Waals surface area contributed by atoms with Crippen LogP contribution >= 0.6 is 12.6 Å². The van der Waals surface area contributed by atoms with Crippen molar-refractivity contribution in [2.45, 2.75) is 25.7 Å². The van der Waals surface area contributed by atoms with Crippen molar-refractivity contribution in [2.75, 3.05) is 12.4 Å². The first kappa shape index (κ1) is 12.7. The van der Waals surface area contributed by atoms with E-state index in [-0.39, 0.29) is 11.2 Å². The van der Waals surface area contributed by atoms with Gasteiger partial charge in [0.25, 0.3) is 0 Å². The highest BCUT2D eigenvalue weighted by Gasteiger charge is 2.33. The van der Waals surface area contributed by atoms with Crippen LogP contribution in [0.1, 0.15) is 25.7 Å². The zero-order chi connectivity index (χ0) is 12.3. The van der Waals surface area contributed by atoms with Crippen molar-refractivity contribution in [3.8, 4) is 5.75 Å². The summed E-state index contributed by atoms with van der Waals surface area (Å²) in [5.41, 5.74) is 0.0753. The Morgan fingerprint density at radius 3 is 2.24 bits per heavy atom. The van der Waals surface area contributed by atoms with Gasteiger partial charge in [0.15, 0.2) is 0 Å². The van der Waals surface area contributed by atoms with E-state index in [1.165, 1.54) is 25.0 Å². The first-order chi connectivity index (χ1) is 8.13. The lowest BCUT2D eigenvalue weighted by Gasteiger charge is -2.26. The van der Waals surface area contributed by atoms with Crippen molar-refractivity contribution < 1.29 is 13.5 Å². The molecule has 0 radical (unpaired) electrons. The van der Waals surface area contributed by atoms with E-state index in [1.807, 2.05) is 0 Å². The van der Waals surface area contributed by atoms with Gasteiger partial charge in [0.05, 0.1) is 6.61 Å². The molecule has 1 aliphatic carbocycles. The molecule has 17 heavy (non-hydrogen) atoms. The first-order valence-corrected chi connectivity index (χ1v) is 6.47. The van der Waals surface area contributed by atoms with Crippen LogP contribution < -0.4 is 4.74 Å². The molecule has 0 aromatic heterocycles. The van der Waals surface area contributed by atoms with Crippen molar-refractivity contribution in [1.82, 2.24) is 0 Å². The topological polar surface area (TPSA) is 9.23 Å². The Hall–Kier alpha value is -0.770. The Labute approximate surface area is 106 Å². The predicted octanol–water partition coefficient (Wildman–Crippen LogP) is 3.83. The van der Waals surface area contributed by atoms with Crippen molar-refractivity contribution in [2.24, 2.45) is 5.41 Å². The molecule has 1 nitrogen and oxygen atoms in total. The third kappa shape index (κ3) is 3.12. The van der Waals surface area contributed by atoms with E-state index >= 15 is 0 Å². The van der Waals surface area contributed by atoms with Gasteiger partial charge in [0.2, 0.25) is 0 Å². The molecule has 0 saturated heterocycles. The summed E-state index contributed by atoms with van der Waals surface area (Å²) in [4.78, 5) is 0. The average Bonchev–Trinajstić information content (AvgIpc) is 2.74. The fourth-order valence-corrected chi connectivity index (χ4v) is 2.73. The standard InChI is InChI=1S/C13H16F2OS/c14-10-5-11(15)7-12(6-10)16-8-13(9-17)3-1-2-4-13/h5-7,17H,1-4,8-9H2. The van der Waals surface area contributed by atoms with E-state index in [2.05, 4.69) is 12.6 Å². The molecule has 2 rings (SSSR count). The van der Waals surface area contributed by atoms with Gasteiger partial charge in [-0.25, -0.2) is 8.78 Å². The van der Waals surface area contributed by atoms with Gasteiger partial charge in [-0.15, -0.1) is 0 Å². The quantitative estimate of drug-likeness (QED) is 0.807. The number of halogens is 2. The maximum atomic E-state index is 13.0. The highest BCUT2D eigenvalue weighted by Crippen LogP contribution is 2.39. The summed E-state index contributed by atoms with van der Waals surface area (Å²) in [5.74, 6) is -0.196.